The maximum Gasteiger partial charge on any atom is 0.313 e. The van der Waals surface area contributed by atoms with Crippen LogP contribution in [0.3, 0.4) is 0 Å². The lowest BCUT2D eigenvalue weighted by molar-refractivity contribution is -0.155. The van der Waals surface area contributed by atoms with E-state index in [0.717, 1.165) is 45.2 Å². The molecule has 1 N–H and O–H groups in total. The molecule has 0 aromatic rings. The molecule has 0 spiro atoms. The lowest BCUT2D eigenvalue weighted by Crippen LogP contribution is -2.34. The molecular formula is C12H23NO2. The van der Waals surface area contributed by atoms with E-state index in [9.17, 15) is 4.79 Å². The van der Waals surface area contributed by atoms with Crippen LogP contribution in [0.2, 0.25) is 0 Å². The number of esters is 1. The molecule has 15 heavy (non-hydrogen) atoms. The maximum atomic E-state index is 11.9. The molecule has 3 heteroatoms. The second-order valence-corrected chi connectivity index (χ2v) is 4.40. The summed E-state index contributed by atoms with van der Waals surface area (Å²) in [5.74, 6) is 0.00565. The van der Waals surface area contributed by atoms with Gasteiger partial charge >= 0.3 is 5.97 Å². The summed E-state index contributed by atoms with van der Waals surface area (Å²) in [4.78, 5) is 11.9. The van der Waals surface area contributed by atoms with E-state index < -0.39 is 0 Å². The standard InChI is InChI=1S/C12H23NO2/c1-3-5-6-9-15-11(14)12(4-2)7-8-13-10-12/h13H,3-10H2,1-2H3. The van der Waals surface area contributed by atoms with Crippen molar-refractivity contribution in [3.8, 4) is 0 Å². The van der Waals surface area contributed by atoms with Gasteiger partial charge in [-0.05, 0) is 25.8 Å². The number of hydrogen-bond donors (Lipinski definition) is 1. The van der Waals surface area contributed by atoms with Gasteiger partial charge in [0, 0.05) is 6.54 Å². The quantitative estimate of drug-likeness (QED) is 0.542. The Morgan fingerprint density at radius 1 is 1.40 bits per heavy atom. The summed E-state index contributed by atoms with van der Waals surface area (Å²) < 4.78 is 5.34. The third-order valence-electron chi connectivity index (χ3n) is 3.33. The zero-order valence-corrected chi connectivity index (χ0v) is 9.97. The predicted octanol–water partition coefficient (Wildman–Crippen LogP) is 2.11. The molecule has 1 unspecified atom stereocenters. The van der Waals surface area contributed by atoms with Gasteiger partial charge in [0.15, 0.2) is 0 Å². The lowest BCUT2D eigenvalue weighted by atomic mass is 9.84. The largest absolute Gasteiger partial charge is 0.465 e. The van der Waals surface area contributed by atoms with Gasteiger partial charge in [-0.15, -0.1) is 0 Å². The molecule has 1 rings (SSSR count). The second-order valence-electron chi connectivity index (χ2n) is 4.40. The van der Waals surface area contributed by atoms with Gasteiger partial charge in [-0.25, -0.2) is 0 Å². The van der Waals surface area contributed by atoms with E-state index in [0.29, 0.717) is 6.61 Å². The Hall–Kier alpha value is -0.570. The Kier molecular flexibility index (Phi) is 5.09. The normalized spacial score (nSPS) is 25.5. The molecule has 88 valence electrons. The first-order valence-corrected chi connectivity index (χ1v) is 6.13. The van der Waals surface area contributed by atoms with E-state index in [-0.39, 0.29) is 11.4 Å². The first-order chi connectivity index (χ1) is 7.25. The van der Waals surface area contributed by atoms with Gasteiger partial charge in [-0.1, -0.05) is 26.7 Å². The molecule has 0 amide bonds. The zero-order chi connectivity index (χ0) is 11.1. The summed E-state index contributed by atoms with van der Waals surface area (Å²) in [6.45, 7) is 6.54. The van der Waals surface area contributed by atoms with Crippen molar-refractivity contribution in [2.75, 3.05) is 19.7 Å². The van der Waals surface area contributed by atoms with Crippen LogP contribution in [-0.4, -0.2) is 25.7 Å². The molecule has 1 heterocycles. The summed E-state index contributed by atoms with van der Waals surface area (Å²) in [5, 5.41) is 3.25. The molecule has 0 radical (unpaired) electrons. The Morgan fingerprint density at radius 3 is 2.73 bits per heavy atom. The number of ether oxygens (including phenoxy) is 1. The summed E-state index contributed by atoms with van der Waals surface area (Å²) in [6, 6.07) is 0. The second kappa shape index (κ2) is 6.11. The third kappa shape index (κ3) is 3.20. The molecule has 1 atom stereocenters. The van der Waals surface area contributed by atoms with Crippen molar-refractivity contribution >= 4 is 5.97 Å². The van der Waals surface area contributed by atoms with Gasteiger partial charge in [0.1, 0.15) is 0 Å². The SMILES string of the molecule is CCCCCOC(=O)C1(CC)CCNC1. The minimum atomic E-state index is -0.230. The van der Waals surface area contributed by atoms with Crippen LogP contribution in [0.25, 0.3) is 0 Å². The highest BCUT2D eigenvalue weighted by Crippen LogP contribution is 2.30. The van der Waals surface area contributed by atoms with Gasteiger partial charge in [0.25, 0.3) is 0 Å². The summed E-state index contributed by atoms with van der Waals surface area (Å²) >= 11 is 0. The van der Waals surface area contributed by atoms with Crippen LogP contribution in [-0.2, 0) is 9.53 Å². The fraction of sp³-hybridized carbons (Fsp3) is 0.917. The van der Waals surface area contributed by atoms with E-state index in [2.05, 4.69) is 19.2 Å². The van der Waals surface area contributed by atoms with Crippen LogP contribution in [0, 0.1) is 5.41 Å². The molecule has 0 aromatic heterocycles. The van der Waals surface area contributed by atoms with Crippen LogP contribution in [0.5, 0.6) is 0 Å². The summed E-state index contributed by atoms with van der Waals surface area (Å²) in [6.07, 6.45) is 5.11. The number of carbonyl (C=O) groups is 1. The third-order valence-corrected chi connectivity index (χ3v) is 3.33. The minimum Gasteiger partial charge on any atom is -0.465 e. The van der Waals surface area contributed by atoms with Crippen LogP contribution in [0.4, 0.5) is 0 Å². The fourth-order valence-electron chi connectivity index (χ4n) is 2.03. The first kappa shape index (κ1) is 12.5. The molecule has 0 aromatic carbocycles. The minimum absolute atomic E-state index is 0.00565. The van der Waals surface area contributed by atoms with E-state index in [1.807, 2.05) is 0 Å². The lowest BCUT2D eigenvalue weighted by Gasteiger charge is -2.23. The molecule has 1 aliphatic heterocycles. The van der Waals surface area contributed by atoms with Crippen molar-refractivity contribution in [2.24, 2.45) is 5.41 Å². The molecule has 1 fully saturated rings. The smallest absolute Gasteiger partial charge is 0.313 e. The number of carbonyl (C=O) groups excluding carboxylic acids is 1. The summed E-state index contributed by atoms with van der Waals surface area (Å²) in [5.41, 5.74) is -0.230. The number of nitrogens with one attached hydrogen (secondary N) is 1. The monoisotopic (exact) mass is 213 g/mol. The Labute approximate surface area is 92.6 Å². The number of rotatable bonds is 6. The zero-order valence-electron chi connectivity index (χ0n) is 9.97. The highest BCUT2D eigenvalue weighted by Gasteiger charge is 2.40. The summed E-state index contributed by atoms with van der Waals surface area (Å²) in [7, 11) is 0. The van der Waals surface area contributed by atoms with Crippen LogP contribution in [0.15, 0.2) is 0 Å². The molecule has 1 saturated heterocycles. The van der Waals surface area contributed by atoms with Crippen LogP contribution in [0.1, 0.15) is 46.0 Å². The predicted molar refractivity (Wildman–Crippen MR) is 60.7 cm³/mol. The molecule has 3 nitrogen and oxygen atoms in total. The number of hydrogen-bond acceptors (Lipinski definition) is 3. The maximum absolute atomic E-state index is 11.9. The van der Waals surface area contributed by atoms with Gasteiger partial charge in [-0.2, -0.15) is 0 Å². The Balaban J connectivity index is 2.31. The molecule has 1 aliphatic rings. The van der Waals surface area contributed by atoms with Crippen LogP contribution < -0.4 is 5.32 Å². The molecular weight excluding hydrogens is 190 g/mol. The molecule has 0 aliphatic carbocycles. The van der Waals surface area contributed by atoms with Gasteiger partial charge in [0.2, 0.25) is 0 Å². The highest BCUT2D eigenvalue weighted by atomic mass is 16.5. The van der Waals surface area contributed by atoms with Crippen molar-refractivity contribution in [3.63, 3.8) is 0 Å². The molecule has 0 saturated carbocycles. The fourth-order valence-corrected chi connectivity index (χ4v) is 2.03. The average molecular weight is 213 g/mol. The molecule has 0 bridgehead atoms. The van der Waals surface area contributed by atoms with E-state index in [4.69, 9.17) is 4.74 Å². The van der Waals surface area contributed by atoms with Crippen LogP contribution >= 0.6 is 0 Å². The Morgan fingerprint density at radius 2 is 2.20 bits per heavy atom. The van der Waals surface area contributed by atoms with Gasteiger partial charge in [-0.3, -0.25) is 4.79 Å². The van der Waals surface area contributed by atoms with E-state index in [1.165, 1.54) is 0 Å². The Bertz CT molecular complexity index is 198. The van der Waals surface area contributed by atoms with Crippen molar-refractivity contribution in [1.82, 2.24) is 5.32 Å². The van der Waals surface area contributed by atoms with Crippen molar-refractivity contribution in [2.45, 2.75) is 46.0 Å². The number of unbranched alkanes of at least 4 members (excludes halogenated alkanes) is 2. The van der Waals surface area contributed by atoms with Crippen molar-refractivity contribution < 1.29 is 9.53 Å². The van der Waals surface area contributed by atoms with E-state index in [1.54, 1.807) is 0 Å². The van der Waals surface area contributed by atoms with Gasteiger partial charge < -0.3 is 10.1 Å². The van der Waals surface area contributed by atoms with Crippen molar-refractivity contribution in [1.29, 1.82) is 0 Å². The highest BCUT2D eigenvalue weighted by molar-refractivity contribution is 5.77. The van der Waals surface area contributed by atoms with E-state index >= 15 is 0 Å². The van der Waals surface area contributed by atoms with Crippen molar-refractivity contribution in [3.05, 3.63) is 0 Å². The van der Waals surface area contributed by atoms with Gasteiger partial charge in [0.05, 0.1) is 12.0 Å². The average Bonchev–Trinajstić information content (AvgIpc) is 2.74. The topological polar surface area (TPSA) is 38.3 Å². The first-order valence-electron chi connectivity index (χ1n) is 6.13.